The summed E-state index contributed by atoms with van der Waals surface area (Å²) in [5.74, 6) is 0.839. The van der Waals surface area contributed by atoms with Gasteiger partial charge < -0.3 is 14.8 Å². The first-order chi connectivity index (χ1) is 13.7. The van der Waals surface area contributed by atoms with Gasteiger partial charge >= 0.3 is 0 Å². The number of nitrogens with one attached hydrogen (secondary N) is 1. The Labute approximate surface area is 162 Å². The van der Waals surface area contributed by atoms with Gasteiger partial charge in [-0.2, -0.15) is 0 Å². The van der Waals surface area contributed by atoms with Gasteiger partial charge in [0.1, 0.15) is 6.33 Å². The van der Waals surface area contributed by atoms with Crippen molar-refractivity contribution in [1.82, 2.24) is 9.55 Å². The van der Waals surface area contributed by atoms with Crippen LogP contribution in [0.1, 0.15) is 10.4 Å². The number of anilines is 1. The number of fused-ring (bicyclic) bond motifs is 1. The molecule has 3 aromatic carbocycles. The van der Waals surface area contributed by atoms with Gasteiger partial charge in [-0.1, -0.05) is 24.3 Å². The van der Waals surface area contributed by atoms with Gasteiger partial charge in [-0.05, 0) is 42.5 Å². The van der Waals surface area contributed by atoms with E-state index in [0.717, 1.165) is 16.7 Å². The van der Waals surface area contributed by atoms with E-state index in [1.165, 1.54) is 0 Å². The average molecular weight is 373 g/mol. The second-order valence-corrected chi connectivity index (χ2v) is 6.14. The van der Waals surface area contributed by atoms with Crippen molar-refractivity contribution in [3.05, 3.63) is 78.6 Å². The number of hydrogen-bond donors (Lipinski definition) is 1. The van der Waals surface area contributed by atoms with Crippen LogP contribution in [-0.4, -0.2) is 29.7 Å². The number of benzene rings is 3. The maximum atomic E-state index is 12.8. The maximum absolute atomic E-state index is 12.8. The molecular formula is C22H19N3O3. The van der Waals surface area contributed by atoms with Crippen molar-refractivity contribution < 1.29 is 14.3 Å². The maximum Gasteiger partial charge on any atom is 0.255 e. The molecule has 4 aromatic rings. The van der Waals surface area contributed by atoms with Crippen LogP contribution < -0.4 is 14.8 Å². The van der Waals surface area contributed by atoms with Crippen LogP contribution in [0.2, 0.25) is 0 Å². The van der Waals surface area contributed by atoms with Gasteiger partial charge in [0.15, 0.2) is 11.5 Å². The standard InChI is InChI=1S/C22H19N3O3/c1-27-20-12-11-15(13-21(20)28-2)22(26)24-17-8-4-6-10-19(17)25-14-23-16-7-3-5-9-18(16)25/h3-14H,1-2H3,(H,24,26). The van der Waals surface area contributed by atoms with E-state index in [1.807, 2.05) is 53.1 Å². The molecule has 1 amide bonds. The molecule has 0 saturated carbocycles. The Bertz CT molecular complexity index is 1150. The van der Waals surface area contributed by atoms with Crippen LogP contribution in [0.25, 0.3) is 16.7 Å². The van der Waals surface area contributed by atoms with Crippen molar-refractivity contribution in [3.8, 4) is 17.2 Å². The van der Waals surface area contributed by atoms with Crippen molar-refractivity contribution in [2.45, 2.75) is 0 Å². The quantitative estimate of drug-likeness (QED) is 0.567. The number of hydrogen-bond acceptors (Lipinski definition) is 4. The summed E-state index contributed by atoms with van der Waals surface area (Å²) in [5.41, 5.74) is 3.86. The van der Waals surface area contributed by atoms with Crippen LogP contribution in [0.5, 0.6) is 11.5 Å². The Morgan fingerprint density at radius 3 is 2.50 bits per heavy atom. The van der Waals surface area contributed by atoms with Gasteiger partial charge in [-0.25, -0.2) is 4.98 Å². The lowest BCUT2D eigenvalue weighted by molar-refractivity contribution is 0.102. The Hall–Kier alpha value is -3.80. The molecule has 1 heterocycles. The molecular weight excluding hydrogens is 354 g/mol. The summed E-state index contributed by atoms with van der Waals surface area (Å²) >= 11 is 0. The van der Waals surface area contributed by atoms with E-state index in [4.69, 9.17) is 9.47 Å². The number of imidazole rings is 1. The van der Waals surface area contributed by atoms with Crippen molar-refractivity contribution in [2.75, 3.05) is 19.5 Å². The van der Waals surface area contributed by atoms with E-state index in [2.05, 4.69) is 10.3 Å². The highest BCUT2D eigenvalue weighted by Gasteiger charge is 2.14. The van der Waals surface area contributed by atoms with Crippen LogP contribution >= 0.6 is 0 Å². The molecule has 6 nitrogen and oxygen atoms in total. The number of carbonyl (C=O) groups is 1. The third-order valence-corrected chi connectivity index (χ3v) is 4.51. The number of para-hydroxylation sites is 4. The summed E-state index contributed by atoms with van der Waals surface area (Å²) in [5, 5.41) is 2.98. The molecule has 1 aromatic heterocycles. The molecule has 0 aliphatic carbocycles. The van der Waals surface area contributed by atoms with Gasteiger partial charge in [-0.3, -0.25) is 9.36 Å². The minimum atomic E-state index is -0.238. The van der Waals surface area contributed by atoms with Crippen molar-refractivity contribution in [3.63, 3.8) is 0 Å². The van der Waals surface area contributed by atoms with Crippen LogP contribution in [0.4, 0.5) is 5.69 Å². The molecule has 28 heavy (non-hydrogen) atoms. The first-order valence-corrected chi connectivity index (χ1v) is 8.76. The fraction of sp³-hybridized carbons (Fsp3) is 0.0909. The minimum Gasteiger partial charge on any atom is -0.493 e. The number of nitrogens with zero attached hydrogens (tertiary/aromatic N) is 2. The fourth-order valence-corrected chi connectivity index (χ4v) is 3.11. The van der Waals surface area contributed by atoms with Gasteiger partial charge in [0.2, 0.25) is 0 Å². The molecule has 0 unspecified atom stereocenters. The molecule has 1 N–H and O–H groups in total. The topological polar surface area (TPSA) is 65.4 Å². The SMILES string of the molecule is COc1ccc(C(=O)Nc2ccccc2-n2cnc3ccccc32)cc1OC. The second kappa shape index (κ2) is 7.44. The van der Waals surface area contributed by atoms with Crippen LogP contribution in [0.3, 0.4) is 0 Å². The van der Waals surface area contributed by atoms with E-state index in [0.29, 0.717) is 22.7 Å². The molecule has 0 bridgehead atoms. The molecule has 4 rings (SSSR count). The van der Waals surface area contributed by atoms with E-state index in [9.17, 15) is 4.79 Å². The molecule has 140 valence electrons. The van der Waals surface area contributed by atoms with Crippen molar-refractivity contribution in [2.24, 2.45) is 0 Å². The normalized spacial score (nSPS) is 10.6. The van der Waals surface area contributed by atoms with E-state index in [-0.39, 0.29) is 5.91 Å². The average Bonchev–Trinajstić information content (AvgIpc) is 3.17. The van der Waals surface area contributed by atoms with Gasteiger partial charge in [0.05, 0.1) is 36.6 Å². The highest BCUT2D eigenvalue weighted by Crippen LogP contribution is 2.29. The van der Waals surface area contributed by atoms with Gasteiger partial charge in [-0.15, -0.1) is 0 Å². The lowest BCUT2D eigenvalue weighted by atomic mass is 10.1. The largest absolute Gasteiger partial charge is 0.493 e. The van der Waals surface area contributed by atoms with Gasteiger partial charge in [0, 0.05) is 5.56 Å². The zero-order valence-corrected chi connectivity index (χ0v) is 15.5. The monoisotopic (exact) mass is 373 g/mol. The molecule has 0 aliphatic rings. The Kier molecular flexibility index (Phi) is 4.68. The first-order valence-electron chi connectivity index (χ1n) is 8.76. The molecule has 0 saturated heterocycles. The molecule has 0 fully saturated rings. The first kappa shape index (κ1) is 17.6. The predicted molar refractivity (Wildman–Crippen MR) is 109 cm³/mol. The Morgan fingerprint density at radius 1 is 0.929 bits per heavy atom. The minimum absolute atomic E-state index is 0.238. The van der Waals surface area contributed by atoms with E-state index >= 15 is 0 Å². The lowest BCUT2D eigenvalue weighted by Crippen LogP contribution is -2.14. The van der Waals surface area contributed by atoms with Crippen molar-refractivity contribution >= 4 is 22.6 Å². The highest BCUT2D eigenvalue weighted by atomic mass is 16.5. The van der Waals surface area contributed by atoms with E-state index < -0.39 is 0 Å². The zero-order valence-electron chi connectivity index (χ0n) is 15.5. The molecule has 0 atom stereocenters. The summed E-state index contributed by atoms with van der Waals surface area (Å²) in [6.45, 7) is 0. The van der Waals surface area contributed by atoms with Crippen molar-refractivity contribution in [1.29, 1.82) is 0 Å². The zero-order chi connectivity index (χ0) is 19.5. The summed E-state index contributed by atoms with van der Waals surface area (Å²) in [4.78, 5) is 17.3. The van der Waals surface area contributed by atoms with Crippen LogP contribution in [0, 0.1) is 0 Å². The summed E-state index contributed by atoms with van der Waals surface area (Å²) in [6.07, 6.45) is 1.76. The number of aromatic nitrogens is 2. The molecule has 0 spiro atoms. The third-order valence-electron chi connectivity index (χ3n) is 4.51. The Balaban J connectivity index is 1.69. The molecule has 6 heteroatoms. The predicted octanol–water partition coefficient (Wildman–Crippen LogP) is 4.30. The summed E-state index contributed by atoms with van der Waals surface area (Å²) in [7, 11) is 3.10. The highest BCUT2D eigenvalue weighted by molar-refractivity contribution is 6.05. The van der Waals surface area contributed by atoms with E-state index in [1.54, 1.807) is 38.7 Å². The summed E-state index contributed by atoms with van der Waals surface area (Å²) < 4.78 is 12.5. The fourth-order valence-electron chi connectivity index (χ4n) is 3.11. The lowest BCUT2D eigenvalue weighted by Gasteiger charge is -2.13. The number of carbonyl (C=O) groups excluding carboxylic acids is 1. The Morgan fingerprint density at radius 2 is 1.68 bits per heavy atom. The molecule has 0 radical (unpaired) electrons. The molecule has 0 aliphatic heterocycles. The third kappa shape index (κ3) is 3.16. The van der Waals surface area contributed by atoms with Crippen LogP contribution in [0.15, 0.2) is 73.1 Å². The number of methoxy groups -OCH3 is 2. The number of rotatable bonds is 5. The summed E-state index contributed by atoms with van der Waals surface area (Å²) in [6, 6.07) is 20.5. The number of amides is 1. The smallest absolute Gasteiger partial charge is 0.255 e. The second-order valence-electron chi connectivity index (χ2n) is 6.14. The van der Waals surface area contributed by atoms with Crippen LogP contribution in [-0.2, 0) is 0 Å². The number of ether oxygens (including phenoxy) is 2. The van der Waals surface area contributed by atoms with Gasteiger partial charge in [0.25, 0.3) is 5.91 Å².